The first kappa shape index (κ1) is 28.0. The van der Waals surface area contributed by atoms with Crippen molar-refractivity contribution in [2.75, 3.05) is 7.11 Å². The number of sulfone groups is 1. The summed E-state index contributed by atoms with van der Waals surface area (Å²) in [6, 6.07) is 13.9. The highest BCUT2D eigenvalue weighted by Crippen LogP contribution is 2.33. The third-order valence-corrected chi connectivity index (χ3v) is 8.55. The van der Waals surface area contributed by atoms with Crippen LogP contribution in [0.4, 0.5) is 4.39 Å². The number of pyridine rings is 1. The van der Waals surface area contributed by atoms with Crippen molar-refractivity contribution >= 4 is 9.84 Å². The van der Waals surface area contributed by atoms with Gasteiger partial charge in [0, 0.05) is 18.2 Å². The zero-order valence-electron chi connectivity index (χ0n) is 22.2. The van der Waals surface area contributed by atoms with E-state index in [1.54, 1.807) is 39.2 Å². The minimum Gasteiger partial charge on any atom is -0.497 e. The smallest absolute Gasteiger partial charge is 0.296 e. The molecule has 4 rings (SSSR count). The van der Waals surface area contributed by atoms with Crippen LogP contribution in [0.5, 0.6) is 11.6 Å². The molecule has 4 aromatic rings. The van der Waals surface area contributed by atoms with Crippen molar-refractivity contribution in [3.63, 3.8) is 0 Å². The van der Waals surface area contributed by atoms with Gasteiger partial charge >= 0.3 is 0 Å². The van der Waals surface area contributed by atoms with Gasteiger partial charge in [0.2, 0.25) is 21.7 Å². The van der Waals surface area contributed by atoms with Gasteiger partial charge in [-0.2, -0.15) is 9.37 Å². The molecule has 0 bridgehead atoms. The maximum absolute atomic E-state index is 13.9. The molecule has 1 unspecified atom stereocenters. The molecule has 0 saturated heterocycles. The highest BCUT2D eigenvalue weighted by Gasteiger charge is 2.31. The average molecular weight is 552 g/mol. The van der Waals surface area contributed by atoms with Crippen LogP contribution in [0, 0.1) is 12.9 Å². The van der Waals surface area contributed by atoms with Gasteiger partial charge in [0.1, 0.15) is 11.6 Å². The number of aromatic hydroxyl groups is 1. The maximum atomic E-state index is 13.9. The number of nitrogens with zero attached hydrogens (tertiary/aromatic N) is 3. The number of benzene rings is 2. The molecule has 0 amide bonds. The molecule has 0 radical (unpaired) electrons. The molecule has 8 nitrogen and oxygen atoms in total. The van der Waals surface area contributed by atoms with Crippen LogP contribution < -0.4 is 10.3 Å². The molecule has 0 aliphatic heterocycles. The van der Waals surface area contributed by atoms with Gasteiger partial charge in [-0.25, -0.2) is 13.4 Å². The maximum Gasteiger partial charge on any atom is 0.296 e. The number of rotatable bonds is 9. The van der Waals surface area contributed by atoms with E-state index in [1.165, 1.54) is 35.0 Å². The molecule has 39 heavy (non-hydrogen) atoms. The van der Waals surface area contributed by atoms with E-state index >= 15 is 0 Å². The molecule has 2 aromatic carbocycles. The summed E-state index contributed by atoms with van der Waals surface area (Å²) < 4.78 is 47.9. The summed E-state index contributed by atoms with van der Waals surface area (Å²) in [7, 11) is -2.90. The van der Waals surface area contributed by atoms with Gasteiger partial charge < -0.3 is 9.84 Å². The lowest BCUT2D eigenvalue weighted by atomic mass is 10.0. The Balaban J connectivity index is 1.82. The zero-order valence-corrected chi connectivity index (χ0v) is 23.0. The van der Waals surface area contributed by atoms with Crippen LogP contribution in [0.1, 0.15) is 49.7 Å². The van der Waals surface area contributed by atoms with E-state index in [-0.39, 0.29) is 4.90 Å². The third kappa shape index (κ3) is 5.42. The SMILES string of the molecule is CCCCc1nc(=O)c(S(=O)(=O)c2ccc(-c3ccnc(F)c3C)cc2)c(O)n1C(C)c1ccc(OC)cc1. The first-order valence-corrected chi connectivity index (χ1v) is 14.0. The van der Waals surface area contributed by atoms with E-state index in [9.17, 15) is 22.7 Å². The summed E-state index contributed by atoms with van der Waals surface area (Å²) >= 11 is 0. The molecular weight excluding hydrogens is 521 g/mol. The fourth-order valence-corrected chi connectivity index (χ4v) is 5.83. The molecule has 0 spiro atoms. The number of unbranched alkanes of at least 4 members (excludes halogenated alkanes) is 1. The molecule has 10 heteroatoms. The molecule has 2 aromatic heterocycles. The van der Waals surface area contributed by atoms with Crippen molar-refractivity contribution in [1.29, 1.82) is 0 Å². The lowest BCUT2D eigenvalue weighted by molar-refractivity contribution is 0.368. The second-order valence-corrected chi connectivity index (χ2v) is 11.1. The fraction of sp³-hybridized carbons (Fsp3) is 0.276. The number of halogens is 1. The predicted octanol–water partition coefficient (Wildman–Crippen LogP) is 5.25. The average Bonchev–Trinajstić information content (AvgIpc) is 2.93. The van der Waals surface area contributed by atoms with Crippen molar-refractivity contribution < 1.29 is 22.7 Å². The highest BCUT2D eigenvalue weighted by atomic mass is 32.2. The van der Waals surface area contributed by atoms with E-state index in [0.29, 0.717) is 41.1 Å². The van der Waals surface area contributed by atoms with Crippen molar-refractivity contribution in [2.45, 2.75) is 55.9 Å². The number of hydrogen-bond acceptors (Lipinski definition) is 7. The molecule has 1 N–H and O–H groups in total. The Labute approximate surface area is 226 Å². The molecule has 0 aliphatic rings. The Hall–Kier alpha value is -4.05. The minimum atomic E-state index is -4.46. The van der Waals surface area contributed by atoms with Crippen LogP contribution >= 0.6 is 0 Å². The lowest BCUT2D eigenvalue weighted by Gasteiger charge is -2.23. The van der Waals surface area contributed by atoms with Gasteiger partial charge in [-0.05, 0) is 67.3 Å². The third-order valence-electron chi connectivity index (χ3n) is 6.76. The molecule has 0 saturated carbocycles. The summed E-state index contributed by atoms with van der Waals surface area (Å²) in [6.07, 6.45) is 3.24. The quantitative estimate of drug-likeness (QED) is 0.283. The van der Waals surface area contributed by atoms with Gasteiger partial charge in [-0.3, -0.25) is 9.36 Å². The van der Waals surface area contributed by atoms with Gasteiger partial charge in [0.05, 0.1) is 18.0 Å². The van der Waals surface area contributed by atoms with E-state index in [1.807, 2.05) is 19.1 Å². The summed E-state index contributed by atoms with van der Waals surface area (Å²) in [5, 5.41) is 11.3. The molecule has 204 valence electrons. The van der Waals surface area contributed by atoms with Gasteiger partial charge in [0.25, 0.3) is 5.56 Å². The molecule has 0 fully saturated rings. The molecule has 0 aliphatic carbocycles. The van der Waals surface area contributed by atoms with Gasteiger partial charge in [-0.1, -0.05) is 37.6 Å². The van der Waals surface area contributed by atoms with Crippen LogP contribution in [-0.4, -0.2) is 35.2 Å². The van der Waals surface area contributed by atoms with E-state index < -0.39 is 38.2 Å². The highest BCUT2D eigenvalue weighted by molar-refractivity contribution is 7.91. The fourth-order valence-electron chi connectivity index (χ4n) is 4.49. The van der Waals surface area contributed by atoms with Crippen LogP contribution in [0.25, 0.3) is 11.1 Å². The largest absolute Gasteiger partial charge is 0.497 e. The van der Waals surface area contributed by atoms with E-state index in [0.717, 1.165) is 12.0 Å². The Bertz CT molecular complexity index is 1650. The van der Waals surface area contributed by atoms with Crippen LogP contribution in [0.3, 0.4) is 0 Å². The van der Waals surface area contributed by atoms with Crippen LogP contribution in [-0.2, 0) is 16.3 Å². The second kappa shape index (κ2) is 11.4. The Morgan fingerprint density at radius 1 is 1.08 bits per heavy atom. The summed E-state index contributed by atoms with van der Waals surface area (Å²) in [4.78, 5) is 19.8. The zero-order chi connectivity index (χ0) is 28.3. The first-order chi connectivity index (χ1) is 18.6. The predicted molar refractivity (Wildman–Crippen MR) is 145 cm³/mol. The van der Waals surface area contributed by atoms with Crippen molar-refractivity contribution in [2.24, 2.45) is 0 Å². The number of hydrogen-bond donors (Lipinski definition) is 1. The van der Waals surface area contributed by atoms with E-state index in [4.69, 9.17) is 4.74 Å². The van der Waals surface area contributed by atoms with Crippen molar-refractivity contribution in [3.05, 3.63) is 94.0 Å². The summed E-state index contributed by atoms with van der Waals surface area (Å²) in [5.74, 6) is -0.335. The minimum absolute atomic E-state index is 0.197. The molecular formula is C29H30FN3O5S. The Morgan fingerprint density at radius 2 is 1.74 bits per heavy atom. The summed E-state index contributed by atoms with van der Waals surface area (Å²) in [5.41, 5.74) is 1.21. The van der Waals surface area contributed by atoms with Crippen molar-refractivity contribution in [1.82, 2.24) is 14.5 Å². The number of aromatic nitrogens is 3. The first-order valence-electron chi connectivity index (χ1n) is 12.5. The number of methoxy groups -OCH3 is 1. The monoisotopic (exact) mass is 551 g/mol. The number of aryl methyl sites for hydroxylation is 1. The number of ether oxygens (including phenoxy) is 1. The lowest BCUT2D eigenvalue weighted by Crippen LogP contribution is -2.27. The van der Waals surface area contributed by atoms with Crippen molar-refractivity contribution in [3.8, 4) is 22.8 Å². The second-order valence-electron chi connectivity index (χ2n) is 9.21. The Morgan fingerprint density at radius 3 is 2.36 bits per heavy atom. The van der Waals surface area contributed by atoms with E-state index in [2.05, 4.69) is 9.97 Å². The Kier molecular flexibility index (Phi) is 8.15. The summed E-state index contributed by atoms with van der Waals surface area (Å²) in [6.45, 7) is 5.36. The van der Waals surface area contributed by atoms with Crippen LogP contribution in [0.15, 0.2) is 75.4 Å². The topological polar surface area (TPSA) is 111 Å². The molecule has 1 atom stereocenters. The molecule has 2 heterocycles. The standard InChI is InChI=1S/C29H30FN3O5S/c1-5-6-7-25-32-28(34)26(29(35)33(25)19(3)20-8-12-22(38-4)13-9-20)39(36,37)23-14-10-21(11-15-23)24-16-17-31-27(30)18(24)2/h8-17,19,35H,5-7H2,1-4H3. The van der Waals surface area contributed by atoms with Gasteiger partial charge in [0.15, 0.2) is 4.90 Å². The van der Waals surface area contributed by atoms with Crippen LogP contribution in [0.2, 0.25) is 0 Å². The normalized spacial score (nSPS) is 12.3. The van der Waals surface area contributed by atoms with Gasteiger partial charge in [-0.15, -0.1) is 0 Å².